The van der Waals surface area contributed by atoms with E-state index in [1.165, 1.54) is 0 Å². The first-order valence-corrected chi connectivity index (χ1v) is 5.90. The smallest absolute Gasteiger partial charge is 0.317 e. The molecule has 98 valence electrons. The minimum Gasteiger partial charge on any atom is -0.481 e. The van der Waals surface area contributed by atoms with Gasteiger partial charge in [-0.05, 0) is 12.8 Å². The van der Waals surface area contributed by atoms with Crippen LogP contribution in [0.25, 0.3) is 0 Å². The highest BCUT2D eigenvalue weighted by Crippen LogP contribution is 2.26. The maximum atomic E-state index is 11.9. The fraction of sp³-hybridized carbons (Fsp3) is 0.545. The molecule has 0 aromatic carbocycles. The molecule has 1 heterocycles. The Morgan fingerprint density at radius 1 is 1.56 bits per heavy atom. The van der Waals surface area contributed by atoms with Crippen molar-refractivity contribution in [3.8, 4) is 0 Å². The summed E-state index contributed by atoms with van der Waals surface area (Å²) in [6.07, 6.45) is 5.24. The molecule has 3 N–H and O–H groups in total. The zero-order valence-electron chi connectivity index (χ0n) is 9.93. The molecule has 7 heteroatoms. The summed E-state index contributed by atoms with van der Waals surface area (Å²) < 4.78 is 0. The molecule has 0 unspecified atom stereocenters. The van der Waals surface area contributed by atoms with Crippen molar-refractivity contribution >= 4 is 12.0 Å². The number of nitrogens with zero attached hydrogens (tertiary/aromatic N) is 2. The Morgan fingerprint density at radius 2 is 2.33 bits per heavy atom. The third-order valence-corrected chi connectivity index (χ3v) is 2.81. The van der Waals surface area contributed by atoms with Crippen LogP contribution in [0, 0.1) is 0 Å². The van der Waals surface area contributed by atoms with E-state index < -0.39 is 5.97 Å². The average molecular weight is 252 g/mol. The van der Waals surface area contributed by atoms with Gasteiger partial charge in [0.1, 0.15) is 0 Å². The van der Waals surface area contributed by atoms with Crippen LogP contribution < -0.4 is 5.32 Å². The monoisotopic (exact) mass is 252 g/mol. The first-order chi connectivity index (χ1) is 8.66. The van der Waals surface area contributed by atoms with Crippen LogP contribution in [0.5, 0.6) is 0 Å². The van der Waals surface area contributed by atoms with Crippen molar-refractivity contribution in [2.75, 3.05) is 6.54 Å². The zero-order chi connectivity index (χ0) is 13.0. The maximum Gasteiger partial charge on any atom is 0.317 e. The first kappa shape index (κ1) is 12.4. The van der Waals surface area contributed by atoms with Crippen LogP contribution in [0.15, 0.2) is 12.4 Å². The summed E-state index contributed by atoms with van der Waals surface area (Å²) in [7, 11) is 0. The first-order valence-electron chi connectivity index (χ1n) is 5.90. The third kappa shape index (κ3) is 3.47. The molecular weight excluding hydrogens is 236 g/mol. The Hall–Kier alpha value is -2.05. The molecule has 2 rings (SSSR count). The number of rotatable bonds is 6. The Kier molecular flexibility index (Phi) is 3.81. The summed E-state index contributed by atoms with van der Waals surface area (Å²) in [6, 6.07) is -0.00588. The highest BCUT2D eigenvalue weighted by molar-refractivity contribution is 5.76. The summed E-state index contributed by atoms with van der Waals surface area (Å²) in [6.45, 7) is 0.656. The van der Waals surface area contributed by atoms with Crippen molar-refractivity contribution in [2.45, 2.75) is 31.8 Å². The second-order valence-corrected chi connectivity index (χ2v) is 4.33. The molecule has 7 nitrogen and oxygen atoms in total. The quantitative estimate of drug-likeness (QED) is 0.688. The number of H-pyrrole nitrogens is 1. The molecule has 1 aliphatic rings. The number of carboxylic acid groups (broad SMARTS) is 1. The van der Waals surface area contributed by atoms with Gasteiger partial charge in [0.2, 0.25) is 0 Å². The molecule has 2 amide bonds. The molecule has 0 bridgehead atoms. The normalized spacial score (nSPS) is 14.2. The van der Waals surface area contributed by atoms with Crippen LogP contribution in [0.2, 0.25) is 0 Å². The molecule has 1 saturated carbocycles. The van der Waals surface area contributed by atoms with Crippen LogP contribution in [-0.2, 0) is 11.3 Å². The molecule has 1 aliphatic carbocycles. The molecule has 1 aromatic heterocycles. The number of urea groups is 1. The topological polar surface area (TPSA) is 98.3 Å². The number of amides is 2. The summed E-state index contributed by atoms with van der Waals surface area (Å²) in [5.74, 6) is -0.886. The molecule has 0 spiro atoms. The van der Waals surface area contributed by atoms with Gasteiger partial charge in [0, 0.05) is 30.9 Å². The Balaban J connectivity index is 1.81. The van der Waals surface area contributed by atoms with Crippen LogP contribution >= 0.6 is 0 Å². The van der Waals surface area contributed by atoms with Gasteiger partial charge < -0.3 is 15.3 Å². The summed E-state index contributed by atoms with van der Waals surface area (Å²) in [4.78, 5) is 24.1. The zero-order valence-corrected chi connectivity index (χ0v) is 9.93. The van der Waals surface area contributed by atoms with E-state index in [1.807, 2.05) is 0 Å². The predicted molar refractivity (Wildman–Crippen MR) is 62.8 cm³/mol. The predicted octanol–water partition coefficient (Wildman–Crippen LogP) is 0.558. The van der Waals surface area contributed by atoms with E-state index in [2.05, 4.69) is 15.5 Å². The molecule has 0 atom stereocenters. The summed E-state index contributed by atoms with van der Waals surface area (Å²) >= 11 is 0. The van der Waals surface area contributed by atoms with Crippen molar-refractivity contribution < 1.29 is 14.7 Å². The lowest BCUT2D eigenvalue weighted by atomic mass is 10.3. The largest absolute Gasteiger partial charge is 0.481 e. The lowest BCUT2D eigenvalue weighted by Gasteiger charge is -2.21. The fourth-order valence-corrected chi connectivity index (χ4v) is 1.71. The molecule has 18 heavy (non-hydrogen) atoms. The summed E-state index contributed by atoms with van der Waals surface area (Å²) in [5, 5.41) is 17.9. The van der Waals surface area contributed by atoms with Gasteiger partial charge in [0.25, 0.3) is 0 Å². The molecule has 1 aromatic rings. The fourth-order valence-electron chi connectivity index (χ4n) is 1.71. The second-order valence-electron chi connectivity index (χ2n) is 4.33. The van der Waals surface area contributed by atoms with E-state index in [4.69, 9.17) is 5.11 Å². The van der Waals surface area contributed by atoms with Gasteiger partial charge >= 0.3 is 12.0 Å². The van der Waals surface area contributed by atoms with Crippen molar-refractivity contribution in [2.24, 2.45) is 0 Å². The lowest BCUT2D eigenvalue weighted by molar-refractivity contribution is -0.137. The number of nitrogens with one attached hydrogen (secondary N) is 2. The van der Waals surface area contributed by atoms with E-state index in [9.17, 15) is 9.59 Å². The van der Waals surface area contributed by atoms with E-state index in [0.717, 1.165) is 18.4 Å². The third-order valence-electron chi connectivity index (χ3n) is 2.81. The number of hydrogen-bond acceptors (Lipinski definition) is 3. The number of aromatic amines is 1. The number of carbonyl (C=O) groups is 2. The second kappa shape index (κ2) is 5.52. The van der Waals surface area contributed by atoms with Gasteiger partial charge in [0.15, 0.2) is 0 Å². The van der Waals surface area contributed by atoms with Crippen LogP contribution in [0.3, 0.4) is 0 Å². The van der Waals surface area contributed by atoms with Gasteiger partial charge in [-0.3, -0.25) is 9.89 Å². The minimum atomic E-state index is -0.886. The summed E-state index contributed by atoms with van der Waals surface area (Å²) in [5.41, 5.74) is 0.886. The molecule has 0 radical (unpaired) electrons. The highest BCUT2D eigenvalue weighted by atomic mass is 16.4. The van der Waals surface area contributed by atoms with Crippen molar-refractivity contribution in [1.29, 1.82) is 0 Å². The van der Waals surface area contributed by atoms with Crippen molar-refractivity contribution in [3.63, 3.8) is 0 Å². The van der Waals surface area contributed by atoms with E-state index in [-0.39, 0.29) is 25.0 Å². The van der Waals surface area contributed by atoms with Gasteiger partial charge in [-0.2, -0.15) is 5.10 Å². The number of aromatic nitrogens is 2. The number of carboxylic acids is 1. The van der Waals surface area contributed by atoms with Crippen molar-refractivity contribution in [1.82, 2.24) is 20.4 Å². The number of hydrogen-bond donors (Lipinski definition) is 3. The van der Waals surface area contributed by atoms with Gasteiger partial charge in [-0.25, -0.2) is 4.79 Å². The van der Waals surface area contributed by atoms with Gasteiger partial charge in [-0.1, -0.05) is 0 Å². The Morgan fingerprint density at radius 3 is 2.89 bits per heavy atom. The van der Waals surface area contributed by atoms with Gasteiger partial charge in [-0.15, -0.1) is 0 Å². The minimum absolute atomic E-state index is 0.0182. The van der Waals surface area contributed by atoms with Crippen molar-refractivity contribution in [3.05, 3.63) is 18.0 Å². The van der Waals surface area contributed by atoms with Crippen LogP contribution in [-0.4, -0.2) is 44.8 Å². The lowest BCUT2D eigenvalue weighted by Crippen LogP contribution is -2.42. The van der Waals surface area contributed by atoms with E-state index >= 15 is 0 Å². The van der Waals surface area contributed by atoms with Crippen LogP contribution in [0.4, 0.5) is 4.79 Å². The molecule has 0 aliphatic heterocycles. The molecular formula is C11H16N4O3. The van der Waals surface area contributed by atoms with Crippen LogP contribution in [0.1, 0.15) is 24.8 Å². The molecule has 1 fully saturated rings. The standard InChI is InChI=1S/C11H16N4O3/c16-10(17)3-4-15(9-1-2-9)11(18)12-5-8-6-13-14-7-8/h6-7,9H,1-5H2,(H,12,18)(H,13,14)(H,16,17). The number of carbonyl (C=O) groups excluding carboxylic acids is 1. The Labute approximate surface area is 104 Å². The maximum absolute atomic E-state index is 11.9. The van der Waals surface area contributed by atoms with Gasteiger partial charge in [0.05, 0.1) is 12.6 Å². The molecule has 0 saturated heterocycles. The van der Waals surface area contributed by atoms with E-state index in [1.54, 1.807) is 17.3 Å². The Bertz CT molecular complexity index is 414. The average Bonchev–Trinajstić information content (AvgIpc) is 3.03. The number of aliphatic carboxylic acids is 1. The van der Waals surface area contributed by atoms with E-state index in [0.29, 0.717) is 6.54 Å². The highest BCUT2D eigenvalue weighted by Gasteiger charge is 2.32. The SMILES string of the molecule is O=C(O)CCN(C(=O)NCc1cn[nH]c1)C1CC1.